The first-order valence-electron chi connectivity index (χ1n) is 7.31. The van der Waals surface area contributed by atoms with Crippen LogP contribution < -0.4 is 5.32 Å². The van der Waals surface area contributed by atoms with E-state index in [1.807, 2.05) is 42.5 Å². The van der Waals surface area contributed by atoms with Crippen LogP contribution in [0.5, 0.6) is 0 Å². The van der Waals surface area contributed by atoms with Crippen LogP contribution in [-0.4, -0.2) is 26.3 Å². The van der Waals surface area contributed by atoms with Crippen LogP contribution in [0.4, 0.5) is 0 Å². The van der Waals surface area contributed by atoms with E-state index in [4.69, 9.17) is 0 Å². The Morgan fingerprint density at radius 2 is 1.75 bits per heavy atom. The topological polar surface area (TPSA) is 63.2 Å². The van der Waals surface area contributed by atoms with E-state index < -0.39 is 15.9 Å². The molecule has 0 heterocycles. The number of hydrogen-bond acceptors (Lipinski definition) is 3. The first-order chi connectivity index (χ1) is 11.3. The van der Waals surface area contributed by atoms with Crippen LogP contribution >= 0.6 is 15.9 Å². The summed E-state index contributed by atoms with van der Waals surface area (Å²) in [5.41, 5.74) is 1.62. The Morgan fingerprint density at radius 3 is 2.38 bits per heavy atom. The predicted octanol–water partition coefficient (Wildman–Crippen LogP) is 3.36. The molecule has 0 aliphatic heterocycles. The molecule has 2 aromatic carbocycles. The van der Waals surface area contributed by atoms with E-state index in [0.717, 1.165) is 21.9 Å². The fourth-order valence-corrected chi connectivity index (χ4v) is 3.50. The fraction of sp³-hybridized carbons (Fsp3) is 0.167. The Hall–Kier alpha value is -1.92. The molecular formula is C18H18BrNO3S. The van der Waals surface area contributed by atoms with Crippen LogP contribution in [0.1, 0.15) is 17.2 Å². The summed E-state index contributed by atoms with van der Waals surface area (Å²) in [4.78, 5) is 12.2. The molecule has 0 saturated heterocycles. The van der Waals surface area contributed by atoms with Gasteiger partial charge in [-0.1, -0.05) is 64.5 Å². The van der Waals surface area contributed by atoms with Gasteiger partial charge in [0.15, 0.2) is 0 Å². The maximum absolute atomic E-state index is 12.2. The first kappa shape index (κ1) is 18.4. The summed E-state index contributed by atoms with van der Waals surface area (Å²) in [7, 11) is -3.24. The van der Waals surface area contributed by atoms with Gasteiger partial charge in [-0.25, -0.2) is 8.42 Å². The zero-order valence-electron chi connectivity index (χ0n) is 13.1. The third kappa shape index (κ3) is 5.94. The molecule has 0 fully saturated rings. The molecule has 0 saturated carbocycles. The van der Waals surface area contributed by atoms with Crippen molar-refractivity contribution >= 4 is 37.8 Å². The molecule has 0 spiro atoms. The van der Waals surface area contributed by atoms with E-state index in [-0.39, 0.29) is 11.7 Å². The Balaban J connectivity index is 2.14. The van der Waals surface area contributed by atoms with Gasteiger partial charge in [0.05, 0.1) is 11.8 Å². The Morgan fingerprint density at radius 1 is 1.12 bits per heavy atom. The Bertz CT molecular complexity index is 832. The summed E-state index contributed by atoms with van der Waals surface area (Å²) in [6, 6.07) is 16.0. The lowest BCUT2D eigenvalue weighted by atomic mass is 10.1. The first-order valence-corrected chi connectivity index (χ1v) is 10.2. The summed E-state index contributed by atoms with van der Waals surface area (Å²) in [6.45, 7) is 0. The fourth-order valence-electron chi connectivity index (χ4n) is 2.20. The van der Waals surface area contributed by atoms with Gasteiger partial charge in [0, 0.05) is 16.8 Å². The zero-order valence-corrected chi connectivity index (χ0v) is 15.5. The minimum absolute atomic E-state index is 0.147. The zero-order chi connectivity index (χ0) is 17.6. The molecule has 1 unspecified atom stereocenters. The lowest BCUT2D eigenvalue weighted by molar-refractivity contribution is -0.117. The minimum Gasteiger partial charge on any atom is -0.345 e. The standard InChI is InChI=1S/C18H18BrNO3S/c1-24(22,23)13-17(15-8-3-2-4-9-15)20-18(21)12-11-14-7-5-6-10-16(14)19/h2-12,17H,13H2,1H3,(H,20,21)/b12-11+. The molecule has 0 aromatic heterocycles. The largest absolute Gasteiger partial charge is 0.345 e. The quantitative estimate of drug-likeness (QED) is 0.746. The third-order valence-electron chi connectivity index (χ3n) is 3.31. The summed E-state index contributed by atoms with van der Waals surface area (Å²) in [5, 5.41) is 2.76. The summed E-state index contributed by atoms with van der Waals surface area (Å²) in [5.74, 6) is -0.491. The number of amides is 1. The van der Waals surface area contributed by atoms with Crippen molar-refractivity contribution in [3.63, 3.8) is 0 Å². The van der Waals surface area contributed by atoms with Crippen molar-refractivity contribution in [2.75, 3.05) is 12.0 Å². The minimum atomic E-state index is -3.24. The van der Waals surface area contributed by atoms with Crippen LogP contribution in [0.2, 0.25) is 0 Å². The van der Waals surface area contributed by atoms with E-state index in [1.165, 1.54) is 6.08 Å². The Kier molecular flexibility index (Phi) is 6.34. The molecule has 0 bridgehead atoms. The highest BCUT2D eigenvalue weighted by atomic mass is 79.9. The average molecular weight is 408 g/mol. The van der Waals surface area contributed by atoms with Crippen LogP contribution in [0.3, 0.4) is 0 Å². The lowest BCUT2D eigenvalue weighted by Crippen LogP contribution is -2.31. The molecule has 1 atom stereocenters. The van der Waals surface area contributed by atoms with E-state index >= 15 is 0 Å². The third-order valence-corrected chi connectivity index (χ3v) is 4.97. The molecule has 0 aliphatic rings. The molecule has 4 nitrogen and oxygen atoms in total. The molecule has 126 valence electrons. The molecule has 1 amide bonds. The molecule has 0 aliphatic carbocycles. The van der Waals surface area contributed by atoms with Crippen molar-refractivity contribution in [3.8, 4) is 0 Å². The number of hydrogen-bond donors (Lipinski definition) is 1. The Labute approximate surface area is 150 Å². The van der Waals surface area contributed by atoms with Gasteiger partial charge in [-0.05, 0) is 23.3 Å². The molecule has 24 heavy (non-hydrogen) atoms. The molecule has 2 rings (SSSR count). The maximum atomic E-state index is 12.2. The van der Waals surface area contributed by atoms with E-state index in [2.05, 4.69) is 21.2 Å². The van der Waals surface area contributed by atoms with Gasteiger partial charge in [0.25, 0.3) is 0 Å². The monoisotopic (exact) mass is 407 g/mol. The van der Waals surface area contributed by atoms with Crippen molar-refractivity contribution < 1.29 is 13.2 Å². The van der Waals surface area contributed by atoms with Gasteiger partial charge >= 0.3 is 0 Å². The summed E-state index contributed by atoms with van der Waals surface area (Å²) >= 11 is 3.41. The van der Waals surface area contributed by atoms with Gasteiger partial charge in [0.1, 0.15) is 9.84 Å². The van der Waals surface area contributed by atoms with E-state index in [1.54, 1.807) is 18.2 Å². The van der Waals surface area contributed by atoms with Crippen LogP contribution in [0.25, 0.3) is 6.08 Å². The lowest BCUT2D eigenvalue weighted by Gasteiger charge is -2.17. The molecule has 1 N–H and O–H groups in total. The second kappa shape index (κ2) is 8.26. The summed E-state index contributed by atoms with van der Waals surface area (Å²) < 4.78 is 24.2. The van der Waals surface area contributed by atoms with Gasteiger partial charge in [0.2, 0.25) is 5.91 Å². The highest BCUT2D eigenvalue weighted by Crippen LogP contribution is 2.18. The number of carbonyl (C=O) groups is 1. The van der Waals surface area contributed by atoms with Gasteiger partial charge in [-0.2, -0.15) is 0 Å². The maximum Gasteiger partial charge on any atom is 0.244 e. The van der Waals surface area contributed by atoms with Crippen molar-refractivity contribution in [2.24, 2.45) is 0 Å². The smallest absolute Gasteiger partial charge is 0.244 e. The highest BCUT2D eigenvalue weighted by Gasteiger charge is 2.18. The van der Waals surface area contributed by atoms with Crippen molar-refractivity contribution in [1.29, 1.82) is 0 Å². The number of benzene rings is 2. The number of nitrogens with one attached hydrogen (secondary N) is 1. The van der Waals surface area contributed by atoms with Crippen molar-refractivity contribution in [2.45, 2.75) is 6.04 Å². The molecule has 2 aromatic rings. The average Bonchev–Trinajstić information content (AvgIpc) is 2.53. The van der Waals surface area contributed by atoms with Crippen LogP contribution in [0, 0.1) is 0 Å². The van der Waals surface area contributed by atoms with E-state index in [9.17, 15) is 13.2 Å². The normalized spacial score (nSPS) is 12.9. The summed E-state index contributed by atoms with van der Waals surface area (Å²) in [6.07, 6.45) is 4.24. The molecular weight excluding hydrogens is 390 g/mol. The van der Waals surface area contributed by atoms with Gasteiger partial charge in [-0.3, -0.25) is 4.79 Å². The number of carbonyl (C=O) groups excluding carboxylic acids is 1. The van der Waals surface area contributed by atoms with E-state index in [0.29, 0.717) is 0 Å². The van der Waals surface area contributed by atoms with Crippen molar-refractivity contribution in [1.82, 2.24) is 5.32 Å². The van der Waals surface area contributed by atoms with Gasteiger partial charge in [-0.15, -0.1) is 0 Å². The predicted molar refractivity (Wildman–Crippen MR) is 100 cm³/mol. The van der Waals surface area contributed by atoms with Crippen LogP contribution in [-0.2, 0) is 14.6 Å². The number of sulfone groups is 1. The highest BCUT2D eigenvalue weighted by molar-refractivity contribution is 9.10. The SMILES string of the molecule is CS(=O)(=O)CC(NC(=O)/C=C/c1ccccc1Br)c1ccccc1. The van der Waals surface area contributed by atoms with Crippen molar-refractivity contribution in [3.05, 3.63) is 76.3 Å². The second-order valence-corrected chi connectivity index (χ2v) is 8.46. The second-order valence-electron chi connectivity index (χ2n) is 5.42. The van der Waals surface area contributed by atoms with Crippen LogP contribution in [0.15, 0.2) is 65.1 Å². The number of rotatable bonds is 6. The van der Waals surface area contributed by atoms with Gasteiger partial charge < -0.3 is 5.32 Å². The molecule has 6 heteroatoms. The molecule has 0 radical (unpaired) electrons. The number of halogens is 1.